The number of nitrogens with zero attached hydrogens (tertiary/aromatic N) is 2. The van der Waals surface area contributed by atoms with Crippen molar-refractivity contribution in [3.8, 4) is 0 Å². The third kappa shape index (κ3) is 2.05. The topological polar surface area (TPSA) is 44.0 Å². The lowest BCUT2D eigenvalue weighted by molar-refractivity contribution is 0.139. The molecule has 0 aromatic carbocycles. The van der Waals surface area contributed by atoms with Gasteiger partial charge in [-0.25, -0.2) is 13.6 Å². The molecule has 1 heterocycles. The zero-order valence-corrected chi connectivity index (χ0v) is 9.62. The fraction of sp³-hybridized carbons (Fsp3) is 0.600. The Morgan fingerprint density at radius 2 is 1.75 bits per heavy atom. The van der Waals surface area contributed by atoms with Gasteiger partial charge in [0.15, 0.2) is 0 Å². The SMILES string of the molecule is Cn1c(C(F)F)cc(=O)n(C(C)(C)C)c1=O. The van der Waals surface area contributed by atoms with E-state index in [1.807, 2.05) is 0 Å². The predicted molar refractivity (Wildman–Crippen MR) is 55.9 cm³/mol. The van der Waals surface area contributed by atoms with Crippen molar-refractivity contribution in [3.05, 3.63) is 32.6 Å². The maximum atomic E-state index is 12.5. The summed E-state index contributed by atoms with van der Waals surface area (Å²) in [4.78, 5) is 23.3. The molecule has 0 atom stereocenters. The lowest BCUT2D eigenvalue weighted by Crippen LogP contribution is -2.47. The maximum absolute atomic E-state index is 12.5. The molecular weight excluding hydrogens is 218 g/mol. The molecule has 4 nitrogen and oxygen atoms in total. The van der Waals surface area contributed by atoms with Crippen LogP contribution in [-0.2, 0) is 12.6 Å². The molecule has 0 spiro atoms. The highest BCUT2D eigenvalue weighted by molar-refractivity contribution is 5.05. The molecule has 0 amide bonds. The molecular formula is C10H14F2N2O2. The highest BCUT2D eigenvalue weighted by Gasteiger charge is 2.22. The average molecular weight is 232 g/mol. The van der Waals surface area contributed by atoms with Crippen molar-refractivity contribution in [2.75, 3.05) is 0 Å². The summed E-state index contributed by atoms with van der Waals surface area (Å²) < 4.78 is 26.8. The summed E-state index contributed by atoms with van der Waals surface area (Å²) in [6.07, 6.45) is -2.83. The van der Waals surface area contributed by atoms with Crippen LogP contribution in [0.2, 0.25) is 0 Å². The molecule has 90 valence electrons. The molecule has 0 fully saturated rings. The summed E-state index contributed by atoms with van der Waals surface area (Å²) in [6.45, 7) is 4.99. The molecule has 0 aliphatic heterocycles. The van der Waals surface area contributed by atoms with Crippen LogP contribution in [0.3, 0.4) is 0 Å². The van der Waals surface area contributed by atoms with Crippen LogP contribution in [0.5, 0.6) is 0 Å². The molecule has 16 heavy (non-hydrogen) atoms. The van der Waals surface area contributed by atoms with Crippen molar-refractivity contribution < 1.29 is 8.78 Å². The van der Waals surface area contributed by atoms with E-state index in [2.05, 4.69) is 0 Å². The predicted octanol–water partition coefficient (Wildman–Crippen LogP) is 1.24. The summed E-state index contributed by atoms with van der Waals surface area (Å²) in [6, 6.07) is 0.803. The standard InChI is InChI=1S/C10H14F2N2O2/c1-10(2,3)14-7(15)5-6(8(11)12)13(4)9(14)16/h5,8H,1-4H3. The van der Waals surface area contributed by atoms with Gasteiger partial charge in [0.25, 0.3) is 12.0 Å². The Morgan fingerprint density at radius 3 is 2.12 bits per heavy atom. The Labute approximate surface area is 91.1 Å². The summed E-state index contributed by atoms with van der Waals surface area (Å²) >= 11 is 0. The normalized spacial score (nSPS) is 12.2. The van der Waals surface area contributed by atoms with Crippen LogP contribution in [0.25, 0.3) is 0 Å². The highest BCUT2D eigenvalue weighted by Crippen LogP contribution is 2.15. The van der Waals surface area contributed by atoms with Gasteiger partial charge in [-0.2, -0.15) is 0 Å². The molecule has 0 unspecified atom stereocenters. The first-order chi connectivity index (χ1) is 7.16. The molecule has 0 aliphatic carbocycles. The van der Waals surface area contributed by atoms with E-state index in [0.717, 1.165) is 15.2 Å². The second-order valence-corrected chi connectivity index (χ2v) is 4.56. The zero-order valence-electron chi connectivity index (χ0n) is 9.62. The second-order valence-electron chi connectivity index (χ2n) is 4.56. The average Bonchev–Trinajstić information content (AvgIpc) is 2.08. The molecule has 0 saturated heterocycles. The Balaban J connectivity index is 3.67. The van der Waals surface area contributed by atoms with Crippen LogP contribution in [0.15, 0.2) is 15.7 Å². The molecule has 1 rings (SSSR count). The molecule has 0 bridgehead atoms. The van der Waals surface area contributed by atoms with Crippen LogP contribution in [-0.4, -0.2) is 9.13 Å². The van der Waals surface area contributed by atoms with Crippen LogP contribution in [0, 0.1) is 0 Å². The third-order valence-electron chi connectivity index (χ3n) is 2.25. The summed E-state index contributed by atoms with van der Waals surface area (Å²) in [5.41, 5.74) is -2.72. The van der Waals surface area contributed by atoms with E-state index < -0.39 is 28.9 Å². The summed E-state index contributed by atoms with van der Waals surface area (Å²) in [5, 5.41) is 0. The van der Waals surface area contributed by atoms with Crippen LogP contribution in [0.4, 0.5) is 8.78 Å². The summed E-state index contributed by atoms with van der Waals surface area (Å²) in [7, 11) is 1.23. The first-order valence-electron chi connectivity index (χ1n) is 4.78. The lowest BCUT2D eigenvalue weighted by Gasteiger charge is -2.22. The van der Waals surface area contributed by atoms with E-state index in [-0.39, 0.29) is 0 Å². The first-order valence-corrected chi connectivity index (χ1v) is 4.78. The number of rotatable bonds is 1. The zero-order chi connectivity index (χ0) is 12.7. The van der Waals surface area contributed by atoms with Gasteiger partial charge in [-0.3, -0.25) is 13.9 Å². The Morgan fingerprint density at radius 1 is 1.25 bits per heavy atom. The van der Waals surface area contributed by atoms with Gasteiger partial charge in [0.2, 0.25) is 0 Å². The minimum Gasteiger partial charge on any atom is -0.295 e. The minimum atomic E-state index is -2.83. The fourth-order valence-corrected chi connectivity index (χ4v) is 1.47. The van der Waals surface area contributed by atoms with E-state index in [0.29, 0.717) is 0 Å². The van der Waals surface area contributed by atoms with Crippen molar-refractivity contribution in [1.82, 2.24) is 9.13 Å². The Kier molecular flexibility index (Phi) is 3.03. The van der Waals surface area contributed by atoms with Crippen molar-refractivity contribution in [3.63, 3.8) is 0 Å². The third-order valence-corrected chi connectivity index (χ3v) is 2.25. The largest absolute Gasteiger partial charge is 0.331 e. The lowest BCUT2D eigenvalue weighted by atomic mass is 10.1. The van der Waals surface area contributed by atoms with E-state index in [9.17, 15) is 18.4 Å². The first kappa shape index (κ1) is 12.6. The van der Waals surface area contributed by atoms with Crippen molar-refractivity contribution >= 4 is 0 Å². The quantitative estimate of drug-likeness (QED) is 0.731. The molecule has 1 aromatic rings. The van der Waals surface area contributed by atoms with E-state index >= 15 is 0 Å². The molecule has 0 N–H and O–H groups in total. The fourth-order valence-electron chi connectivity index (χ4n) is 1.47. The number of hydrogen-bond donors (Lipinski definition) is 0. The van der Waals surface area contributed by atoms with Crippen molar-refractivity contribution in [2.45, 2.75) is 32.7 Å². The van der Waals surface area contributed by atoms with Crippen LogP contribution < -0.4 is 11.2 Å². The minimum absolute atomic E-state index is 0.560. The monoisotopic (exact) mass is 232 g/mol. The second kappa shape index (κ2) is 3.84. The van der Waals surface area contributed by atoms with Gasteiger partial charge in [0, 0.05) is 18.7 Å². The van der Waals surface area contributed by atoms with E-state index in [1.165, 1.54) is 7.05 Å². The molecule has 1 aromatic heterocycles. The van der Waals surface area contributed by atoms with Gasteiger partial charge >= 0.3 is 5.69 Å². The Bertz CT molecular complexity index is 509. The molecule has 6 heteroatoms. The molecule has 0 radical (unpaired) electrons. The van der Waals surface area contributed by atoms with Gasteiger partial charge in [0.1, 0.15) is 0 Å². The van der Waals surface area contributed by atoms with Crippen molar-refractivity contribution in [2.24, 2.45) is 7.05 Å². The van der Waals surface area contributed by atoms with E-state index in [4.69, 9.17) is 0 Å². The van der Waals surface area contributed by atoms with Crippen molar-refractivity contribution in [1.29, 1.82) is 0 Å². The van der Waals surface area contributed by atoms with Gasteiger partial charge < -0.3 is 0 Å². The van der Waals surface area contributed by atoms with Gasteiger partial charge in [0.05, 0.1) is 5.69 Å². The van der Waals surface area contributed by atoms with Crippen LogP contribution in [0.1, 0.15) is 32.9 Å². The van der Waals surface area contributed by atoms with Gasteiger partial charge in [-0.15, -0.1) is 0 Å². The number of hydrogen-bond acceptors (Lipinski definition) is 2. The molecule has 0 saturated carbocycles. The highest BCUT2D eigenvalue weighted by atomic mass is 19.3. The molecule has 0 aliphatic rings. The summed E-state index contributed by atoms with van der Waals surface area (Å²) in [5.74, 6) is 0. The number of aromatic nitrogens is 2. The Hall–Kier alpha value is -1.46. The number of halogens is 2. The van der Waals surface area contributed by atoms with Gasteiger partial charge in [-0.05, 0) is 20.8 Å². The van der Waals surface area contributed by atoms with Crippen LogP contribution >= 0.6 is 0 Å². The smallest absolute Gasteiger partial charge is 0.295 e. The van der Waals surface area contributed by atoms with Gasteiger partial charge in [-0.1, -0.05) is 0 Å². The number of alkyl halides is 2. The van der Waals surface area contributed by atoms with E-state index in [1.54, 1.807) is 20.8 Å². The maximum Gasteiger partial charge on any atom is 0.331 e.